The van der Waals surface area contributed by atoms with Crippen molar-refractivity contribution in [2.45, 2.75) is 52.8 Å². The van der Waals surface area contributed by atoms with Gasteiger partial charge in [0.25, 0.3) is 0 Å². The maximum absolute atomic E-state index is 16.0. The minimum Gasteiger partial charge on any atom is -0.497 e. The van der Waals surface area contributed by atoms with Gasteiger partial charge in [0.2, 0.25) is 20.0 Å². The SMILES string of the molecule is COc1ccc(CN(Cc2ccc(OC)cc2)S(=O)(=O)c2c(SC3CN(C(=O)O)C3)ccc(-c3ccc(NS(=O)(=O)C4CC4)cc3)c2-c2nnnn2Cc2ccc(OC)cc2)cc1. The second-order valence-corrected chi connectivity index (χ2v) is 20.3. The highest BCUT2D eigenvalue weighted by molar-refractivity contribution is 8.00. The molecule has 2 heterocycles. The molecule has 0 radical (unpaired) electrons. The molecule has 19 heteroatoms. The van der Waals surface area contributed by atoms with E-state index in [1.54, 1.807) is 86.7 Å². The first-order valence-corrected chi connectivity index (χ1v) is 23.8. The van der Waals surface area contributed by atoms with Crippen LogP contribution in [0, 0.1) is 0 Å². The predicted molar refractivity (Wildman–Crippen MR) is 238 cm³/mol. The summed E-state index contributed by atoms with van der Waals surface area (Å²) in [5.41, 5.74) is 3.84. The Balaban J connectivity index is 1.32. The fourth-order valence-electron chi connectivity index (χ4n) is 7.19. The fraction of sp³-hybridized carbons (Fsp3) is 0.273. The number of hydrogen-bond acceptors (Lipinski definition) is 12. The van der Waals surface area contributed by atoms with Crippen molar-refractivity contribution in [3.8, 4) is 39.8 Å². The average Bonchev–Trinajstić information content (AvgIpc) is 4.05. The van der Waals surface area contributed by atoms with Crippen LogP contribution in [-0.4, -0.2) is 102 Å². The second-order valence-electron chi connectivity index (χ2n) is 15.1. The largest absolute Gasteiger partial charge is 0.497 e. The van der Waals surface area contributed by atoms with Crippen LogP contribution >= 0.6 is 11.8 Å². The van der Waals surface area contributed by atoms with Crippen molar-refractivity contribution in [2.75, 3.05) is 39.1 Å². The maximum atomic E-state index is 16.0. The summed E-state index contributed by atoms with van der Waals surface area (Å²) < 4.78 is 79.4. The summed E-state index contributed by atoms with van der Waals surface area (Å²) in [6.07, 6.45) is 0.154. The average molecular weight is 912 g/mol. The summed E-state index contributed by atoms with van der Waals surface area (Å²) >= 11 is 1.28. The number of likely N-dealkylation sites (tertiary alicyclic amines) is 1. The Labute approximate surface area is 369 Å². The Bertz CT molecular complexity index is 2750. The van der Waals surface area contributed by atoms with E-state index in [9.17, 15) is 18.3 Å². The summed E-state index contributed by atoms with van der Waals surface area (Å²) in [6.45, 7) is 0.503. The number of rotatable bonds is 18. The molecule has 1 saturated carbocycles. The number of anilines is 1. The summed E-state index contributed by atoms with van der Waals surface area (Å²) in [5, 5.41) is 21.9. The molecule has 1 aliphatic heterocycles. The van der Waals surface area contributed by atoms with Gasteiger partial charge < -0.3 is 24.2 Å². The molecular weight excluding hydrogens is 867 g/mol. The highest BCUT2D eigenvalue weighted by atomic mass is 32.2. The van der Waals surface area contributed by atoms with E-state index >= 15 is 8.42 Å². The number of methoxy groups -OCH3 is 3. The topological polar surface area (TPSA) is 195 Å². The summed E-state index contributed by atoms with van der Waals surface area (Å²) in [4.78, 5) is 13.4. The lowest BCUT2D eigenvalue weighted by Gasteiger charge is -2.37. The van der Waals surface area contributed by atoms with E-state index in [1.165, 1.54) is 21.0 Å². The number of carboxylic acid groups (broad SMARTS) is 1. The van der Waals surface area contributed by atoms with Gasteiger partial charge >= 0.3 is 6.09 Å². The lowest BCUT2D eigenvalue weighted by molar-refractivity contribution is 0.121. The predicted octanol–water partition coefficient (Wildman–Crippen LogP) is 6.83. The monoisotopic (exact) mass is 911 g/mol. The van der Waals surface area contributed by atoms with Crippen LogP contribution in [0.5, 0.6) is 17.2 Å². The highest BCUT2D eigenvalue weighted by Gasteiger charge is 2.39. The quantitative estimate of drug-likeness (QED) is 0.0912. The molecule has 1 aromatic heterocycles. The van der Waals surface area contributed by atoms with E-state index < -0.39 is 31.4 Å². The molecule has 16 nitrogen and oxygen atoms in total. The standard InChI is InChI=1S/C44H45N7O9S3/c1-58-34-14-4-29(5-15-34)24-50(25-30-6-16-35(59-2)17-7-30)63(56,57)42-40(61-37-27-49(28-37)44(52)53)23-22-39(32-10-12-33(13-11-32)46-62(54,55)38-20-21-38)41(42)43-45-47-48-51(43)26-31-8-18-36(60-3)19-9-31/h4-19,22-23,37-38,46H,20-21,24-28H2,1-3H3,(H,52,53). The molecule has 1 aliphatic carbocycles. The van der Waals surface area contributed by atoms with Gasteiger partial charge in [-0.2, -0.15) is 4.31 Å². The van der Waals surface area contributed by atoms with E-state index in [2.05, 4.69) is 20.2 Å². The molecule has 2 fully saturated rings. The molecule has 0 spiro atoms. The number of ether oxygens (including phenoxy) is 3. The Morgan fingerprint density at radius 1 is 0.762 bits per heavy atom. The van der Waals surface area contributed by atoms with Crippen LogP contribution in [-0.2, 0) is 39.7 Å². The van der Waals surface area contributed by atoms with Gasteiger partial charge in [0, 0.05) is 47.6 Å². The Kier molecular flexibility index (Phi) is 12.6. The summed E-state index contributed by atoms with van der Waals surface area (Å²) in [6, 6.07) is 32.0. The Morgan fingerprint density at radius 3 is 1.81 bits per heavy atom. The van der Waals surface area contributed by atoms with E-state index in [0.717, 1.165) is 5.56 Å². The number of thioether (sulfide) groups is 1. The number of nitrogens with zero attached hydrogens (tertiary/aromatic N) is 6. The lowest BCUT2D eigenvalue weighted by atomic mass is 9.98. The third-order valence-corrected chi connectivity index (χ3v) is 15.9. The van der Waals surface area contributed by atoms with Gasteiger partial charge in [0.05, 0.1) is 33.1 Å². The van der Waals surface area contributed by atoms with Crippen LogP contribution < -0.4 is 18.9 Å². The first-order chi connectivity index (χ1) is 30.3. The van der Waals surface area contributed by atoms with Crippen molar-refractivity contribution < 1.29 is 40.9 Å². The van der Waals surface area contributed by atoms with Gasteiger partial charge in [-0.3, -0.25) is 4.72 Å². The van der Waals surface area contributed by atoms with E-state index in [0.29, 0.717) is 62.9 Å². The smallest absolute Gasteiger partial charge is 0.407 e. The number of benzene rings is 5. The number of nitrogens with one attached hydrogen (secondary N) is 1. The number of carbonyl (C=O) groups is 1. The van der Waals surface area contributed by atoms with Gasteiger partial charge in [-0.1, -0.05) is 54.6 Å². The minimum absolute atomic E-state index is 0.0328. The molecule has 0 bridgehead atoms. The van der Waals surface area contributed by atoms with Gasteiger partial charge in [-0.15, -0.1) is 16.9 Å². The van der Waals surface area contributed by atoms with Crippen LogP contribution in [0.4, 0.5) is 10.5 Å². The van der Waals surface area contributed by atoms with E-state index in [1.807, 2.05) is 48.5 Å². The third-order valence-electron chi connectivity index (χ3n) is 10.8. The van der Waals surface area contributed by atoms with Crippen molar-refractivity contribution >= 4 is 43.6 Å². The Hall–Kier alpha value is -6.15. The van der Waals surface area contributed by atoms with Crippen LogP contribution in [0.25, 0.3) is 22.5 Å². The van der Waals surface area contributed by atoms with Crippen molar-refractivity contribution in [3.05, 3.63) is 126 Å². The third kappa shape index (κ3) is 9.75. The summed E-state index contributed by atoms with van der Waals surface area (Å²) in [5.74, 6) is 2.05. The number of aromatic nitrogens is 4. The normalized spacial score (nSPS) is 14.3. The van der Waals surface area contributed by atoms with Crippen LogP contribution in [0.15, 0.2) is 119 Å². The van der Waals surface area contributed by atoms with Gasteiger partial charge in [-0.25, -0.2) is 26.3 Å². The zero-order valence-electron chi connectivity index (χ0n) is 34.6. The first-order valence-electron chi connectivity index (χ1n) is 19.9. The number of amides is 1. The molecule has 0 atom stereocenters. The van der Waals surface area contributed by atoms with Crippen molar-refractivity contribution in [2.24, 2.45) is 0 Å². The maximum Gasteiger partial charge on any atom is 0.407 e. The van der Waals surface area contributed by atoms with Gasteiger partial charge in [0.15, 0.2) is 5.82 Å². The summed E-state index contributed by atoms with van der Waals surface area (Å²) in [7, 11) is -3.39. The molecule has 5 aromatic carbocycles. The van der Waals surface area contributed by atoms with Crippen molar-refractivity contribution in [3.63, 3.8) is 0 Å². The van der Waals surface area contributed by atoms with Crippen LogP contribution in [0.2, 0.25) is 0 Å². The number of tetrazole rings is 1. The molecule has 1 amide bonds. The molecule has 1 saturated heterocycles. The zero-order valence-corrected chi connectivity index (χ0v) is 37.1. The lowest BCUT2D eigenvalue weighted by Crippen LogP contribution is -2.51. The zero-order chi connectivity index (χ0) is 44.3. The molecule has 2 N–H and O–H groups in total. The first kappa shape index (κ1) is 43.5. The van der Waals surface area contributed by atoms with Crippen LogP contribution in [0.3, 0.4) is 0 Å². The molecular formula is C44H45N7O9S3. The van der Waals surface area contributed by atoms with Crippen molar-refractivity contribution in [1.29, 1.82) is 0 Å². The second kappa shape index (κ2) is 18.3. The number of hydrogen-bond donors (Lipinski definition) is 2. The fourth-order valence-corrected chi connectivity index (χ4v) is 11.9. The number of sulfonamides is 2. The highest BCUT2D eigenvalue weighted by Crippen LogP contribution is 2.45. The van der Waals surface area contributed by atoms with E-state index in [-0.39, 0.29) is 54.3 Å². The molecule has 6 aromatic rings. The Morgan fingerprint density at radius 2 is 1.30 bits per heavy atom. The molecule has 63 heavy (non-hydrogen) atoms. The van der Waals surface area contributed by atoms with Gasteiger partial charge in [0.1, 0.15) is 22.1 Å². The van der Waals surface area contributed by atoms with Crippen molar-refractivity contribution in [1.82, 2.24) is 29.4 Å². The molecule has 8 rings (SSSR count). The van der Waals surface area contributed by atoms with Gasteiger partial charge in [-0.05, 0) is 106 Å². The molecule has 2 aliphatic rings. The van der Waals surface area contributed by atoms with E-state index in [4.69, 9.17) is 14.2 Å². The van der Waals surface area contributed by atoms with Crippen LogP contribution in [0.1, 0.15) is 29.5 Å². The molecule has 328 valence electrons. The molecule has 0 unspecified atom stereocenters. The minimum atomic E-state index is -4.54.